The number of fused-ring (bicyclic) bond motifs is 3. The Kier molecular flexibility index (Phi) is 4.36. The maximum absolute atomic E-state index is 12.3. The first-order valence-electron chi connectivity index (χ1n) is 8.57. The Labute approximate surface area is 155 Å². The predicted molar refractivity (Wildman–Crippen MR) is 109 cm³/mol. The lowest BCUT2D eigenvalue weighted by atomic mass is 9.92. The minimum absolute atomic E-state index is 0.0509. The van der Waals surface area contributed by atoms with Crippen molar-refractivity contribution in [2.24, 2.45) is 0 Å². The number of hydrogen-bond acceptors (Lipinski definition) is 4. The SMILES string of the molecule is CN[C@@H](C)c1ccc(-c2c(CO)ccc3[nH]c(=O)c4sccc4c23)cc1. The number of H-pyrrole nitrogens is 1. The molecule has 0 spiro atoms. The van der Waals surface area contributed by atoms with Crippen LogP contribution in [0.2, 0.25) is 0 Å². The second-order valence-corrected chi connectivity index (χ2v) is 7.35. The molecule has 4 rings (SSSR count). The van der Waals surface area contributed by atoms with Gasteiger partial charge in [0.25, 0.3) is 5.56 Å². The van der Waals surface area contributed by atoms with E-state index in [2.05, 4.69) is 41.5 Å². The van der Waals surface area contributed by atoms with Gasteiger partial charge in [-0.1, -0.05) is 30.3 Å². The van der Waals surface area contributed by atoms with E-state index in [0.29, 0.717) is 4.70 Å². The Morgan fingerprint density at radius 1 is 1.15 bits per heavy atom. The van der Waals surface area contributed by atoms with Gasteiger partial charge in [-0.15, -0.1) is 11.3 Å². The molecule has 2 heterocycles. The number of aliphatic hydroxyl groups excluding tert-OH is 1. The third kappa shape index (κ3) is 2.65. The molecule has 2 aromatic heterocycles. The average molecular weight is 364 g/mol. The first-order chi connectivity index (χ1) is 12.6. The number of benzene rings is 2. The summed E-state index contributed by atoms with van der Waals surface area (Å²) in [4.78, 5) is 15.3. The standard InChI is InChI=1S/C21H20N2O2S/c1-12(22-2)13-3-5-14(6-4-13)18-15(11-24)7-8-17-19(18)16-9-10-26-20(16)21(25)23-17/h3-10,12,22,24H,11H2,1-2H3,(H,23,25)/t12-/m0/s1. The number of aromatic amines is 1. The van der Waals surface area contributed by atoms with Crippen LogP contribution in [0.25, 0.3) is 32.1 Å². The van der Waals surface area contributed by atoms with Crippen molar-refractivity contribution >= 4 is 32.3 Å². The predicted octanol–water partition coefficient (Wildman–Crippen LogP) is 4.18. The first kappa shape index (κ1) is 17.0. The number of hydrogen-bond donors (Lipinski definition) is 3. The highest BCUT2D eigenvalue weighted by Gasteiger charge is 2.15. The zero-order chi connectivity index (χ0) is 18.3. The molecule has 3 N–H and O–H groups in total. The van der Waals surface area contributed by atoms with Crippen molar-refractivity contribution in [3.05, 3.63) is 69.3 Å². The summed E-state index contributed by atoms with van der Waals surface area (Å²) < 4.78 is 0.717. The van der Waals surface area contributed by atoms with Gasteiger partial charge in [-0.2, -0.15) is 0 Å². The minimum atomic E-state index is -0.0663. The highest BCUT2D eigenvalue weighted by molar-refractivity contribution is 7.17. The third-order valence-electron chi connectivity index (χ3n) is 4.98. The molecule has 4 aromatic rings. The number of aromatic nitrogens is 1. The molecule has 0 amide bonds. The number of thiophene rings is 1. The lowest BCUT2D eigenvalue weighted by molar-refractivity contribution is 0.282. The molecule has 0 aliphatic carbocycles. The lowest BCUT2D eigenvalue weighted by Gasteiger charge is -2.15. The molecule has 0 saturated carbocycles. The van der Waals surface area contributed by atoms with Crippen molar-refractivity contribution in [3.63, 3.8) is 0 Å². The quantitative estimate of drug-likeness (QED) is 0.509. The fraction of sp³-hybridized carbons (Fsp3) is 0.190. The van der Waals surface area contributed by atoms with E-state index >= 15 is 0 Å². The summed E-state index contributed by atoms with van der Waals surface area (Å²) >= 11 is 1.44. The van der Waals surface area contributed by atoms with Crippen LogP contribution in [0.1, 0.15) is 24.1 Å². The van der Waals surface area contributed by atoms with Crippen molar-refractivity contribution in [2.45, 2.75) is 19.6 Å². The van der Waals surface area contributed by atoms with E-state index in [1.807, 2.05) is 30.6 Å². The molecular weight excluding hydrogens is 344 g/mol. The lowest BCUT2D eigenvalue weighted by Crippen LogP contribution is -2.11. The Balaban J connectivity index is 2.04. The monoisotopic (exact) mass is 364 g/mol. The van der Waals surface area contributed by atoms with Crippen LogP contribution in [0, 0.1) is 0 Å². The molecule has 26 heavy (non-hydrogen) atoms. The second-order valence-electron chi connectivity index (χ2n) is 6.43. The van der Waals surface area contributed by atoms with E-state index < -0.39 is 0 Å². The van der Waals surface area contributed by atoms with Crippen molar-refractivity contribution in [1.29, 1.82) is 0 Å². The molecule has 0 unspecified atom stereocenters. The molecule has 1 atom stereocenters. The third-order valence-corrected chi connectivity index (χ3v) is 5.90. The van der Waals surface area contributed by atoms with Gasteiger partial charge in [0.05, 0.1) is 6.61 Å². The van der Waals surface area contributed by atoms with Gasteiger partial charge in [-0.25, -0.2) is 0 Å². The molecule has 0 saturated heterocycles. The van der Waals surface area contributed by atoms with Crippen molar-refractivity contribution < 1.29 is 5.11 Å². The molecular formula is C21H20N2O2S. The van der Waals surface area contributed by atoms with Crippen LogP contribution < -0.4 is 10.9 Å². The summed E-state index contributed by atoms with van der Waals surface area (Å²) in [5, 5.41) is 17.0. The molecule has 132 valence electrons. The number of pyridine rings is 1. The maximum atomic E-state index is 12.3. The average Bonchev–Trinajstić information content (AvgIpc) is 3.17. The fourth-order valence-corrected chi connectivity index (χ4v) is 4.25. The van der Waals surface area contributed by atoms with Crippen LogP contribution in [0.15, 0.2) is 52.6 Å². The van der Waals surface area contributed by atoms with E-state index in [1.165, 1.54) is 16.9 Å². The fourth-order valence-electron chi connectivity index (χ4n) is 3.46. The van der Waals surface area contributed by atoms with Crippen LogP contribution in [-0.2, 0) is 6.61 Å². The number of nitrogens with one attached hydrogen (secondary N) is 2. The summed E-state index contributed by atoms with van der Waals surface area (Å²) in [5.41, 5.74) is 4.80. The molecule has 0 aliphatic rings. The van der Waals surface area contributed by atoms with Crippen molar-refractivity contribution in [2.75, 3.05) is 7.05 Å². The number of rotatable bonds is 4. The van der Waals surface area contributed by atoms with Gasteiger partial charge in [0, 0.05) is 22.3 Å². The minimum Gasteiger partial charge on any atom is -0.392 e. The van der Waals surface area contributed by atoms with Gasteiger partial charge in [-0.05, 0) is 53.7 Å². The summed E-state index contributed by atoms with van der Waals surface area (Å²) in [6, 6.07) is 14.4. The summed E-state index contributed by atoms with van der Waals surface area (Å²) in [7, 11) is 1.94. The van der Waals surface area contributed by atoms with Gasteiger partial charge in [0.1, 0.15) is 4.70 Å². The Morgan fingerprint density at radius 3 is 2.62 bits per heavy atom. The molecule has 0 radical (unpaired) electrons. The van der Waals surface area contributed by atoms with Crippen LogP contribution in [-0.4, -0.2) is 17.1 Å². The van der Waals surface area contributed by atoms with E-state index in [9.17, 15) is 9.90 Å². The van der Waals surface area contributed by atoms with Gasteiger partial charge in [0.2, 0.25) is 0 Å². The Morgan fingerprint density at radius 2 is 1.92 bits per heavy atom. The maximum Gasteiger partial charge on any atom is 0.266 e. The van der Waals surface area contributed by atoms with E-state index in [0.717, 1.165) is 33.0 Å². The largest absolute Gasteiger partial charge is 0.392 e. The zero-order valence-corrected chi connectivity index (χ0v) is 15.5. The van der Waals surface area contributed by atoms with Crippen LogP contribution in [0.5, 0.6) is 0 Å². The van der Waals surface area contributed by atoms with Crippen LogP contribution in [0.3, 0.4) is 0 Å². The molecule has 5 heteroatoms. The highest BCUT2D eigenvalue weighted by Crippen LogP contribution is 2.37. The first-order valence-corrected chi connectivity index (χ1v) is 9.45. The van der Waals surface area contributed by atoms with E-state index in [4.69, 9.17) is 0 Å². The van der Waals surface area contributed by atoms with Gasteiger partial charge in [-0.3, -0.25) is 4.79 Å². The highest BCUT2D eigenvalue weighted by atomic mass is 32.1. The molecule has 2 aromatic carbocycles. The molecule has 0 fully saturated rings. The van der Waals surface area contributed by atoms with Crippen LogP contribution >= 0.6 is 11.3 Å². The molecule has 0 aliphatic heterocycles. The van der Waals surface area contributed by atoms with Gasteiger partial charge in [0.15, 0.2) is 0 Å². The Bertz CT molecular complexity index is 1140. The number of aliphatic hydroxyl groups is 1. The summed E-state index contributed by atoms with van der Waals surface area (Å²) in [6.45, 7) is 2.07. The summed E-state index contributed by atoms with van der Waals surface area (Å²) in [6.07, 6.45) is 0. The second kappa shape index (κ2) is 6.68. The van der Waals surface area contributed by atoms with Gasteiger partial charge < -0.3 is 15.4 Å². The Hall–Kier alpha value is -2.47. The summed E-state index contributed by atoms with van der Waals surface area (Å²) in [5.74, 6) is 0. The van der Waals surface area contributed by atoms with Gasteiger partial charge >= 0.3 is 0 Å². The van der Waals surface area contributed by atoms with E-state index in [1.54, 1.807) is 0 Å². The molecule has 4 nitrogen and oxygen atoms in total. The molecule has 0 bridgehead atoms. The zero-order valence-electron chi connectivity index (χ0n) is 14.7. The van der Waals surface area contributed by atoms with Crippen LogP contribution in [0.4, 0.5) is 0 Å². The smallest absolute Gasteiger partial charge is 0.266 e. The van der Waals surface area contributed by atoms with E-state index in [-0.39, 0.29) is 18.2 Å². The topological polar surface area (TPSA) is 65.1 Å². The van der Waals surface area contributed by atoms with Crippen molar-refractivity contribution in [3.8, 4) is 11.1 Å². The normalized spacial score (nSPS) is 12.7. The van der Waals surface area contributed by atoms with Crippen molar-refractivity contribution in [1.82, 2.24) is 10.3 Å².